The lowest BCUT2D eigenvalue weighted by Gasteiger charge is -2.14. The van der Waals surface area contributed by atoms with E-state index in [1.165, 1.54) is 16.7 Å². The Morgan fingerprint density at radius 2 is 1.31 bits per heavy atom. The van der Waals surface area contributed by atoms with Gasteiger partial charge in [0, 0.05) is 17.2 Å². The van der Waals surface area contributed by atoms with Gasteiger partial charge in [0.15, 0.2) is 0 Å². The molecule has 126 valence electrons. The number of aromatic nitrogens is 2. The highest BCUT2D eigenvalue weighted by atomic mass is 19.1. The van der Waals surface area contributed by atoms with Crippen molar-refractivity contribution in [1.82, 2.24) is 9.55 Å². The monoisotopic (exact) mass is 342 g/mol. The van der Waals surface area contributed by atoms with Crippen molar-refractivity contribution in [2.24, 2.45) is 0 Å². The van der Waals surface area contributed by atoms with Gasteiger partial charge in [-0.25, -0.2) is 9.37 Å². The Hall–Kier alpha value is -3.53. The van der Waals surface area contributed by atoms with E-state index in [-0.39, 0.29) is 11.2 Å². The van der Waals surface area contributed by atoms with Gasteiger partial charge in [0.05, 0.1) is 11.4 Å². The van der Waals surface area contributed by atoms with E-state index in [0.29, 0.717) is 11.5 Å². The molecule has 4 aromatic rings. The Bertz CT molecular complexity index is 1110. The fourth-order valence-electron chi connectivity index (χ4n) is 2.89. The highest BCUT2D eigenvalue weighted by Crippen LogP contribution is 2.24. The van der Waals surface area contributed by atoms with Crippen molar-refractivity contribution < 1.29 is 4.39 Å². The molecule has 4 rings (SSSR count). The normalized spacial score (nSPS) is 10.7. The van der Waals surface area contributed by atoms with Crippen molar-refractivity contribution in [3.05, 3.63) is 107 Å². The average molecular weight is 342 g/mol. The minimum atomic E-state index is -0.471. The molecule has 0 atom stereocenters. The summed E-state index contributed by atoms with van der Waals surface area (Å²) in [5.74, 6) is -0.0666. The van der Waals surface area contributed by atoms with Crippen LogP contribution in [0.5, 0.6) is 0 Å². The number of benzene rings is 3. The highest BCUT2D eigenvalue weighted by molar-refractivity contribution is 5.65. The second-order valence-corrected chi connectivity index (χ2v) is 5.82. The van der Waals surface area contributed by atoms with Gasteiger partial charge in [0.1, 0.15) is 11.6 Å². The Kier molecular flexibility index (Phi) is 4.15. The van der Waals surface area contributed by atoms with Crippen molar-refractivity contribution in [3.63, 3.8) is 0 Å². The van der Waals surface area contributed by atoms with Crippen LogP contribution in [0.1, 0.15) is 0 Å². The highest BCUT2D eigenvalue weighted by Gasteiger charge is 2.15. The van der Waals surface area contributed by atoms with E-state index >= 15 is 0 Å². The minimum Gasteiger partial charge on any atom is -0.269 e. The maximum absolute atomic E-state index is 14.4. The molecule has 0 saturated heterocycles. The average Bonchev–Trinajstić information content (AvgIpc) is 2.69. The number of nitrogens with zero attached hydrogens (tertiary/aromatic N) is 2. The zero-order valence-corrected chi connectivity index (χ0v) is 13.8. The lowest BCUT2D eigenvalue weighted by Crippen LogP contribution is -2.22. The Balaban J connectivity index is 2.03. The molecule has 0 aliphatic carbocycles. The van der Waals surface area contributed by atoms with Crippen LogP contribution in [0.2, 0.25) is 0 Å². The van der Waals surface area contributed by atoms with Crippen LogP contribution in [0.4, 0.5) is 4.39 Å². The van der Waals surface area contributed by atoms with Gasteiger partial charge in [-0.15, -0.1) is 0 Å². The van der Waals surface area contributed by atoms with E-state index in [1.807, 2.05) is 60.7 Å². The van der Waals surface area contributed by atoms with Crippen LogP contribution in [-0.2, 0) is 0 Å². The van der Waals surface area contributed by atoms with Crippen LogP contribution >= 0.6 is 0 Å². The van der Waals surface area contributed by atoms with Gasteiger partial charge < -0.3 is 0 Å². The van der Waals surface area contributed by atoms with Crippen LogP contribution in [0.25, 0.3) is 28.3 Å². The first-order valence-corrected chi connectivity index (χ1v) is 8.24. The molecule has 0 saturated carbocycles. The predicted octanol–water partition coefficient (Wildman–Crippen LogP) is 4.71. The molecule has 0 unspecified atom stereocenters. The molecular formula is C22H15FN2O. The van der Waals surface area contributed by atoms with Crippen molar-refractivity contribution in [2.75, 3.05) is 0 Å². The largest absolute Gasteiger partial charge is 0.269 e. The molecule has 3 nitrogen and oxygen atoms in total. The summed E-state index contributed by atoms with van der Waals surface area (Å²) in [5, 5.41) is 0. The molecule has 0 aliphatic rings. The van der Waals surface area contributed by atoms with E-state index in [1.54, 1.807) is 18.2 Å². The molecule has 1 aromatic heterocycles. The van der Waals surface area contributed by atoms with Crippen LogP contribution in [0, 0.1) is 5.82 Å². The lowest BCUT2D eigenvalue weighted by molar-refractivity contribution is 0.616. The first-order valence-electron chi connectivity index (χ1n) is 8.24. The third-order valence-corrected chi connectivity index (χ3v) is 4.11. The fraction of sp³-hybridized carbons (Fsp3) is 0. The summed E-state index contributed by atoms with van der Waals surface area (Å²) in [6.07, 6.45) is 0. The molecule has 1 heterocycles. The Labute approximate surface area is 150 Å². The molecule has 26 heavy (non-hydrogen) atoms. The Morgan fingerprint density at radius 1 is 0.731 bits per heavy atom. The summed E-state index contributed by atoms with van der Waals surface area (Å²) in [6, 6.07) is 26.4. The van der Waals surface area contributed by atoms with E-state index in [9.17, 15) is 9.18 Å². The summed E-state index contributed by atoms with van der Waals surface area (Å²) in [6.45, 7) is 0. The molecule has 0 amide bonds. The fourth-order valence-corrected chi connectivity index (χ4v) is 2.89. The number of hydrogen-bond acceptors (Lipinski definition) is 2. The first-order chi connectivity index (χ1) is 12.7. The summed E-state index contributed by atoms with van der Waals surface area (Å²) in [5.41, 5.74) is 1.99. The third kappa shape index (κ3) is 2.93. The third-order valence-electron chi connectivity index (χ3n) is 4.11. The van der Waals surface area contributed by atoms with Crippen LogP contribution in [0.15, 0.2) is 95.8 Å². The van der Waals surface area contributed by atoms with Gasteiger partial charge in [-0.3, -0.25) is 9.36 Å². The number of hydrogen-bond donors (Lipinski definition) is 0. The maximum atomic E-state index is 14.4. The molecule has 0 fully saturated rings. The predicted molar refractivity (Wildman–Crippen MR) is 101 cm³/mol. The molecule has 3 aromatic carbocycles. The summed E-state index contributed by atoms with van der Waals surface area (Å²) >= 11 is 0. The van der Waals surface area contributed by atoms with Gasteiger partial charge in [-0.2, -0.15) is 0 Å². The van der Waals surface area contributed by atoms with Crippen LogP contribution < -0.4 is 5.56 Å². The summed E-state index contributed by atoms with van der Waals surface area (Å²) in [7, 11) is 0. The van der Waals surface area contributed by atoms with Crippen molar-refractivity contribution in [1.29, 1.82) is 0 Å². The number of para-hydroxylation sites is 1. The van der Waals surface area contributed by atoms with Gasteiger partial charge >= 0.3 is 0 Å². The SMILES string of the molecule is O=c1cc(-c2ccccc2)nc(-c2ccccc2)n1-c1ccccc1F. The van der Waals surface area contributed by atoms with Crippen molar-refractivity contribution >= 4 is 0 Å². The van der Waals surface area contributed by atoms with Gasteiger partial charge in [-0.05, 0) is 12.1 Å². The molecule has 0 radical (unpaired) electrons. The topological polar surface area (TPSA) is 34.9 Å². The van der Waals surface area contributed by atoms with Crippen LogP contribution in [0.3, 0.4) is 0 Å². The summed E-state index contributed by atoms with van der Waals surface area (Å²) in [4.78, 5) is 17.6. The maximum Gasteiger partial charge on any atom is 0.259 e. The van der Waals surface area contributed by atoms with Crippen molar-refractivity contribution in [2.45, 2.75) is 0 Å². The van der Waals surface area contributed by atoms with Crippen LogP contribution in [-0.4, -0.2) is 9.55 Å². The molecule has 0 aliphatic heterocycles. The number of halogens is 1. The molecule has 0 spiro atoms. The molecule has 4 heteroatoms. The van der Waals surface area contributed by atoms with Gasteiger partial charge in [0.2, 0.25) is 0 Å². The van der Waals surface area contributed by atoms with E-state index in [0.717, 1.165) is 11.1 Å². The molecule has 0 N–H and O–H groups in total. The first kappa shape index (κ1) is 16.0. The smallest absolute Gasteiger partial charge is 0.259 e. The quantitative estimate of drug-likeness (QED) is 0.541. The van der Waals surface area contributed by atoms with Crippen molar-refractivity contribution in [3.8, 4) is 28.3 Å². The van der Waals surface area contributed by atoms with E-state index in [4.69, 9.17) is 0 Å². The zero-order valence-electron chi connectivity index (χ0n) is 13.8. The zero-order chi connectivity index (χ0) is 17.9. The van der Waals surface area contributed by atoms with E-state index < -0.39 is 5.82 Å². The van der Waals surface area contributed by atoms with Gasteiger partial charge in [0.25, 0.3) is 5.56 Å². The molecule has 0 bridgehead atoms. The number of rotatable bonds is 3. The standard InChI is InChI=1S/C22H15FN2O/c23-18-13-7-8-14-20(18)25-21(26)15-19(16-9-3-1-4-10-16)24-22(25)17-11-5-2-6-12-17/h1-15H. The lowest BCUT2D eigenvalue weighted by atomic mass is 10.1. The minimum absolute atomic E-state index is 0.184. The second-order valence-electron chi connectivity index (χ2n) is 5.82. The molecular weight excluding hydrogens is 327 g/mol. The van der Waals surface area contributed by atoms with Gasteiger partial charge in [-0.1, -0.05) is 72.8 Å². The second kappa shape index (κ2) is 6.76. The summed E-state index contributed by atoms with van der Waals surface area (Å²) < 4.78 is 15.7. The Morgan fingerprint density at radius 3 is 1.96 bits per heavy atom. The van der Waals surface area contributed by atoms with E-state index in [2.05, 4.69) is 4.98 Å².